The summed E-state index contributed by atoms with van der Waals surface area (Å²) in [5, 5.41) is 36.7. The number of nitrogens with zero attached hydrogens (tertiary/aromatic N) is 3. The quantitative estimate of drug-likeness (QED) is 0.419. The molecule has 5 atom stereocenters. The standard InChI is InChI=1S/C11H15N5O4/c12-4-1-14-10-7(6(4)13)15-3-16(10)11-9(19)8(18)5(2-17)20-11/h1,3-5,8-9,11,13,17-19H,2,12H2/t4?,5-,8+,9?,11-/m1/s1. The van der Waals surface area contributed by atoms with Gasteiger partial charge in [0.05, 0.1) is 24.7 Å². The number of nitrogens with two attached hydrogens (primary N) is 1. The minimum atomic E-state index is -1.22. The highest BCUT2D eigenvalue weighted by molar-refractivity contribution is 6.14. The Hall–Kier alpha value is -1.65. The number of aromatic nitrogens is 2. The van der Waals surface area contributed by atoms with Crippen molar-refractivity contribution < 1.29 is 20.1 Å². The number of aliphatic hydroxyl groups excluding tert-OH is 3. The third kappa shape index (κ3) is 1.79. The molecule has 0 radical (unpaired) electrons. The molecule has 9 heteroatoms. The van der Waals surface area contributed by atoms with Crippen molar-refractivity contribution in [3.05, 3.63) is 12.0 Å². The summed E-state index contributed by atoms with van der Waals surface area (Å²) in [5.41, 5.74) is 6.11. The van der Waals surface area contributed by atoms with Crippen LogP contribution >= 0.6 is 0 Å². The highest BCUT2D eigenvalue weighted by Gasteiger charge is 2.44. The molecule has 9 nitrogen and oxygen atoms in total. The van der Waals surface area contributed by atoms with Crippen molar-refractivity contribution in [1.82, 2.24) is 9.55 Å². The fourth-order valence-electron chi connectivity index (χ4n) is 2.35. The molecular formula is C11H15N5O4. The Morgan fingerprint density at radius 1 is 1.40 bits per heavy atom. The normalized spacial score (nSPS) is 36.4. The number of aliphatic imine (C=N–C) groups is 1. The minimum absolute atomic E-state index is 0.125. The van der Waals surface area contributed by atoms with Crippen LogP contribution in [0.25, 0.3) is 0 Å². The van der Waals surface area contributed by atoms with Crippen LogP contribution in [0.5, 0.6) is 0 Å². The van der Waals surface area contributed by atoms with Crippen LogP contribution in [0.1, 0.15) is 11.9 Å². The molecule has 20 heavy (non-hydrogen) atoms. The van der Waals surface area contributed by atoms with Crippen molar-refractivity contribution in [3.63, 3.8) is 0 Å². The van der Waals surface area contributed by atoms with Gasteiger partial charge in [-0.25, -0.2) is 9.98 Å². The third-order valence-electron chi connectivity index (χ3n) is 3.50. The number of hydrogen-bond acceptors (Lipinski definition) is 8. The molecule has 0 saturated carbocycles. The molecule has 1 aromatic rings. The fourth-order valence-corrected chi connectivity index (χ4v) is 2.35. The lowest BCUT2D eigenvalue weighted by molar-refractivity contribution is -0.0519. The van der Waals surface area contributed by atoms with Crippen LogP contribution < -0.4 is 5.73 Å². The summed E-state index contributed by atoms with van der Waals surface area (Å²) in [4.78, 5) is 8.17. The lowest BCUT2D eigenvalue weighted by atomic mass is 10.1. The number of rotatable bonds is 2. The van der Waals surface area contributed by atoms with Gasteiger partial charge in [0, 0.05) is 6.21 Å². The third-order valence-corrected chi connectivity index (χ3v) is 3.50. The molecule has 0 amide bonds. The number of aliphatic hydroxyl groups is 3. The maximum atomic E-state index is 9.99. The molecule has 2 aliphatic heterocycles. The highest BCUT2D eigenvalue weighted by Crippen LogP contribution is 2.34. The van der Waals surface area contributed by atoms with E-state index in [1.807, 2.05) is 0 Å². The summed E-state index contributed by atoms with van der Waals surface area (Å²) in [6.45, 7) is -0.407. The first kappa shape index (κ1) is 13.3. The molecule has 0 bridgehead atoms. The largest absolute Gasteiger partial charge is 0.394 e. The zero-order valence-corrected chi connectivity index (χ0v) is 10.4. The Bertz CT molecular complexity index is 571. The first-order chi connectivity index (χ1) is 9.54. The number of hydrogen-bond donors (Lipinski definition) is 5. The van der Waals surface area contributed by atoms with E-state index in [0.717, 1.165) is 0 Å². The van der Waals surface area contributed by atoms with Crippen LogP contribution in [-0.2, 0) is 4.74 Å². The van der Waals surface area contributed by atoms with Crippen LogP contribution in [0.3, 0.4) is 0 Å². The summed E-state index contributed by atoms with van der Waals surface area (Å²) in [5.74, 6) is 0.339. The fraction of sp³-hybridized carbons (Fsp3) is 0.545. The maximum absolute atomic E-state index is 9.99. The number of fused-ring (bicyclic) bond motifs is 1. The van der Waals surface area contributed by atoms with Crippen LogP contribution in [0.2, 0.25) is 0 Å². The monoisotopic (exact) mass is 281 g/mol. The van der Waals surface area contributed by atoms with Crippen molar-refractivity contribution in [2.24, 2.45) is 10.7 Å². The van der Waals surface area contributed by atoms with Crippen LogP contribution in [0.4, 0.5) is 5.82 Å². The van der Waals surface area contributed by atoms with Gasteiger partial charge in [-0.15, -0.1) is 0 Å². The Labute approximate surface area is 113 Å². The molecule has 1 saturated heterocycles. The predicted octanol–water partition coefficient (Wildman–Crippen LogP) is -2.09. The molecule has 0 spiro atoms. The van der Waals surface area contributed by atoms with E-state index in [0.29, 0.717) is 11.5 Å². The Kier molecular flexibility index (Phi) is 3.15. The van der Waals surface area contributed by atoms with Gasteiger partial charge < -0.3 is 31.2 Å². The van der Waals surface area contributed by atoms with Crippen molar-refractivity contribution in [2.45, 2.75) is 30.6 Å². The van der Waals surface area contributed by atoms with E-state index in [1.54, 1.807) is 0 Å². The van der Waals surface area contributed by atoms with Gasteiger partial charge in [-0.1, -0.05) is 0 Å². The SMILES string of the molecule is N=C1c2ncn([C@@H]3O[C@H](CO)[C@H](O)C3O)c2N=CC1N. The van der Waals surface area contributed by atoms with Crippen LogP contribution in [-0.4, -0.2) is 67.8 Å². The van der Waals surface area contributed by atoms with Crippen molar-refractivity contribution in [1.29, 1.82) is 5.41 Å². The summed E-state index contributed by atoms with van der Waals surface area (Å²) < 4.78 is 6.83. The second-order valence-electron chi connectivity index (χ2n) is 4.77. The number of nitrogens with one attached hydrogen (secondary N) is 1. The maximum Gasteiger partial charge on any atom is 0.165 e. The molecule has 108 valence electrons. The summed E-state index contributed by atoms with van der Waals surface area (Å²) in [6.07, 6.45) is -1.43. The highest BCUT2D eigenvalue weighted by atomic mass is 16.6. The minimum Gasteiger partial charge on any atom is -0.394 e. The van der Waals surface area contributed by atoms with Gasteiger partial charge in [-0.2, -0.15) is 0 Å². The van der Waals surface area contributed by atoms with E-state index in [4.69, 9.17) is 21.0 Å². The van der Waals surface area contributed by atoms with E-state index in [1.165, 1.54) is 17.1 Å². The van der Waals surface area contributed by atoms with Gasteiger partial charge in [0.25, 0.3) is 0 Å². The molecule has 1 aromatic heterocycles. The lowest BCUT2D eigenvalue weighted by Crippen LogP contribution is -2.35. The summed E-state index contributed by atoms with van der Waals surface area (Å²) in [7, 11) is 0. The molecule has 1 fully saturated rings. The topological polar surface area (TPSA) is 150 Å². The second kappa shape index (κ2) is 4.72. The van der Waals surface area contributed by atoms with E-state index in [-0.39, 0.29) is 5.71 Å². The van der Waals surface area contributed by atoms with Crippen LogP contribution in [0, 0.1) is 5.41 Å². The molecule has 3 rings (SSSR count). The van der Waals surface area contributed by atoms with Gasteiger partial charge >= 0.3 is 0 Å². The average molecular weight is 281 g/mol. The van der Waals surface area contributed by atoms with Gasteiger partial charge in [-0.3, -0.25) is 4.57 Å². The lowest BCUT2D eigenvalue weighted by Gasteiger charge is -2.19. The molecule has 6 N–H and O–H groups in total. The van der Waals surface area contributed by atoms with Crippen molar-refractivity contribution >= 4 is 17.7 Å². The van der Waals surface area contributed by atoms with Gasteiger partial charge in [0.15, 0.2) is 12.0 Å². The van der Waals surface area contributed by atoms with Gasteiger partial charge in [-0.05, 0) is 0 Å². The van der Waals surface area contributed by atoms with Crippen molar-refractivity contribution in [3.8, 4) is 0 Å². The second-order valence-corrected chi connectivity index (χ2v) is 4.77. The smallest absolute Gasteiger partial charge is 0.165 e. The molecular weight excluding hydrogens is 266 g/mol. The Morgan fingerprint density at radius 2 is 2.15 bits per heavy atom. The van der Waals surface area contributed by atoms with E-state index in [2.05, 4.69) is 9.98 Å². The summed E-state index contributed by atoms with van der Waals surface area (Å²) in [6, 6.07) is -0.615. The zero-order valence-electron chi connectivity index (χ0n) is 10.4. The molecule has 0 aromatic carbocycles. The summed E-state index contributed by atoms with van der Waals surface area (Å²) >= 11 is 0. The van der Waals surface area contributed by atoms with Gasteiger partial charge in [0.2, 0.25) is 0 Å². The molecule has 3 heterocycles. The Balaban J connectivity index is 1.97. The van der Waals surface area contributed by atoms with Crippen LogP contribution in [0.15, 0.2) is 11.3 Å². The Morgan fingerprint density at radius 3 is 2.80 bits per heavy atom. The van der Waals surface area contributed by atoms with E-state index < -0.39 is 37.2 Å². The predicted molar refractivity (Wildman–Crippen MR) is 68.2 cm³/mol. The van der Waals surface area contributed by atoms with Crippen molar-refractivity contribution in [2.75, 3.05) is 6.61 Å². The number of ether oxygens (including phenoxy) is 1. The molecule has 0 aliphatic carbocycles. The first-order valence-electron chi connectivity index (χ1n) is 6.12. The van der Waals surface area contributed by atoms with E-state index in [9.17, 15) is 10.2 Å². The molecule has 2 aliphatic rings. The zero-order chi connectivity index (χ0) is 14.4. The number of imidazole rings is 1. The van der Waals surface area contributed by atoms with Gasteiger partial charge in [0.1, 0.15) is 24.0 Å². The average Bonchev–Trinajstić information content (AvgIpc) is 2.98. The first-order valence-corrected chi connectivity index (χ1v) is 6.12. The van der Waals surface area contributed by atoms with E-state index >= 15 is 0 Å². The molecule has 2 unspecified atom stereocenters.